The number of ketones is 1. The van der Waals surface area contributed by atoms with E-state index in [1.54, 1.807) is 6.07 Å². The number of halogens is 1. The average Bonchev–Trinajstić information content (AvgIpc) is 2.96. The van der Waals surface area contributed by atoms with Crippen LogP contribution in [0.5, 0.6) is 0 Å². The highest BCUT2D eigenvalue weighted by molar-refractivity contribution is 14.1. The first-order valence-electron chi connectivity index (χ1n) is 7.02. The molecule has 7 nitrogen and oxygen atoms in total. The molecule has 3 N–H and O–H groups in total. The molecule has 0 radical (unpaired) electrons. The van der Waals surface area contributed by atoms with Gasteiger partial charge >= 0.3 is 0 Å². The molecule has 0 aliphatic rings. The van der Waals surface area contributed by atoms with Crippen LogP contribution in [0.3, 0.4) is 0 Å². The van der Waals surface area contributed by atoms with Crippen LogP contribution in [0.1, 0.15) is 15.2 Å². The lowest BCUT2D eigenvalue weighted by Crippen LogP contribution is -2.06. The number of benzene rings is 2. The molecule has 0 aliphatic carbocycles. The van der Waals surface area contributed by atoms with Gasteiger partial charge in [0.2, 0.25) is 5.78 Å². The highest BCUT2D eigenvalue weighted by Crippen LogP contribution is 2.31. The van der Waals surface area contributed by atoms with Crippen molar-refractivity contribution in [1.29, 1.82) is 0 Å². The predicted octanol–water partition coefficient (Wildman–Crippen LogP) is 4.21. The number of nitrogens with zero attached hydrogens (tertiary/aromatic N) is 2. The van der Waals surface area contributed by atoms with Crippen molar-refractivity contribution in [3.8, 4) is 0 Å². The van der Waals surface area contributed by atoms with Gasteiger partial charge in [0.05, 0.1) is 4.92 Å². The second-order valence-corrected chi connectivity index (χ2v) is 7.21. The fourth-order valence-electron chi connectivity index (χ4n) is 2.15. The Bertz CT molecular complexity index is 956. The number of hydrogen-bond donors (Lipinski definition) is 2. The molecule has 0 fully saturated rings. The Morgan fingerprint density at radius 1 is 1.20 bits per heavy atom. The average molecular weight is 466 g/mol. The van der Waals surface area contributed by atoms with Crippen molar-refractivity contribution < 1.29 is 9.72 Å². The lowest BCUT2D eigenvalue weighted by Gasteiger charge is -2.01. The number of aromatic nitrogens is 1. The van der Waals surface area contributed by atoms with Crippen molar-refractivity contribution in [2.24, 2.45) is 0 Å². The van der Waals surface area contributed by atoms with Crippen LogP contribution in [0.25, 0.3) is 0 Å². The van der Waals surface area contributed by atoms with Gasteiger partial charge in [-0.05, 0) is 52.9 Å². The van der Waals surface area contributed by atoms with E-state index in [2.05, 4.69) is 32.9 Å². The van der Waals surface area contributed by atoms with Crippen LogP contribution in [0.4, 0.5) is 22.3 Å². The standard InChI is InChI=1S/C16H11IN4O3S/c17-9-5-7-10(8-6-9)19-16-20-15(18)14(25-16)13(22)11-3-1-2-4-12(11)21(23)24/h1-8H,18H2,(H,19,20). The Labute approximate surface area is 160 Å². The number of thiazole rings is 1. The lowest BCUT2D eigenvalue weighted by atomic mass is 10.1. The molecule has 0 amide bonds. The summed E-state index contributed by atoms with van der Waals surface area (Å²) in [5.74, 6) is -0.473. The number of nitrogens with two attached hydrogens (primary N) is 1. The van der Waals surface area contributed by atoms with E-state index in [1.165, 1.54) is 18.2 Å². The number of hydrogen-bond acceptors (Lipinski definition) is 7. The molecule has 3 rings (SSSR count). The number of nitrogens with one attached hydrogen (secondary N) is 1. The van der Waals surface area contributed by atoms with Gasteiger partial charge in [0.1, 0.15) is 16.3 Å². The third-order valence-corrected chi connectivity index (χ3v) is 5.00. The second kappa shape index (κ2) is 7.15. The fraction of sp³-hybridized carbons (Fsp3) is 0. The van der Waals surface area contributed by atoms with Crippen LogP contribution >= 0.6 is 33.9 Å². The van der Waals surface area contributed by atoms with Crippen LogP contribution < -0.4 is 11.1 Å². The molecule has 0 aliphatic heterocycles. The minimum Gasteiger partial charge on any atom is -0.382 e. The molecule has 1 aromatic heterocycles. The summed E-state index contributed by atoms with van der Waals surface area (Å²) in [6, 6.07) is 13.4. The molecule has 2 aromatic carbocycles. The van der Waals surface area contributed by atoms with Crippen molar-refractivity contribution in [3.63, 3.8) is 0 Å². The third-order valence-electron chi connectivity index (χ3n) is 3.30. The van der Waals surface area contributed by atoms with Crippen molar-refractivity contribution in [2.75, 3.05) is 11.1 Å². The number of carbonyl (C=O) groups excluding carboxylic acids is 1. The Balaban J connectivity index is 1.91. The summed E-state index contributed by atoms with van der Waals surface area (Å²) >= 11 is 3.26. The molecule has 25 heavy (non-hydrogen) atoms. The molecule has 0 unspecified atom stereocenters. The molecular weight excluding hydrogens is 455 g/mol. The van der Waals surface area contributed by atoms with Gasteiger partial charge < -0.3 is 11.1 Å². The van der Waals surface area contributed by atoms with E-state index in [-0.39, 0.29) is 21.9 Å². The van der Waals surface area contributed by atoms with Gasteiger partial charge in [-0.15, -0.1) is 0 Å². The zero-order valence-corrected chi connectivity index (χ0v) is 15.6. The van der Waals surface area contributed by atoms with E-state index in [0.29, 0.717) is 5.13 Å². The van der Waals surface area contributed by atoms with Gasteiger partial charge in [-0.2, -0.15) is 0 Å². The number of carbonyl (C=O) groups is 1. The number of rotatable bonds is 5. The highest BCUT2D eigenvalue weighted by Gasteiger charge is 2.25. The van der Waals surface area contributed by atoms with Crippen LogP contribution in [-0.2, 0) is 0 Å². The maximum absolute atomic E-state index is 12.7. The van der Waals surface area contributed by atoms with Crippen LogP contribution in [0.15, 0.2) is 48.5 Å². The predicted molar refractivity (Wildman–Crippen MR) is 105 cm³/mol. The lowest BCUT2D eigenvalue weighted by molar-refractivity contribution is -0.385. The molecule has 3 aromatic rings. The molecule has 0 bridgehead atoms. The summed E-state index contributed by atoms with van der Waals surface area (Å²) < 4.78 is 1.09. The van der Waals surface area contributed by atoms with Gasteiger partial charge in [-0.3, -0.25) is 14.9 Å². The Hall–Kier alpha value is -2.53. The summed E-state index contributed by atoms with van der Waals surface area (Å²) in [6.45, 7) is 0. The zero-order chi connectivity index (χ0) is 18.0. The number of nitro groups is 1. The van der Waals surface area contributed by atoms with E-state index >= 15 is 0 Å². The first-order valence-corrected chi connectivity index (χ1v) is 8.92. The van der Waals surface area contributed by atoms with E-state index in [4.69, 9.17) is 5.73 Å². The Morgan fingerprint density at radius 2 is 1.88 bits per heavy atom. The molecule has 9 heteroatoms. The largest absolute Gasteiger partial charge is 0.382 e. The van der Waals surface area contributed by atoms with Gasteiger partial charge in [-0.25, -0.2) is 4.98 Å². The summed E-state index contributed by atoms with van der Waals surface area (Å²) in [7, 11) is 0. The quantitative estimate of drug-likeness (QED) is 0.252. The normalized spacial score (nSPS) is 10.4. The number of anilines is 3. The van der Waals surface area contributed by atoms with Crippen molar-refractivity contribution >= 4 is 62.0 Å². The number of para-hydroxylation sites is 1. The highest BCUT2D eigenvalue weighted by atomic mass is 127. The molecule has 0 saturated heterocycles. The van der Waals surface area contributed by atoms with E-state index < -0.39 is 10.7 Å². The molecular formula is C16H11IN4O3S. The smallest absolute Gasteiger partial charge is 0.280 e. The minimum atomic E-state index is -0.588. The van der Waals surface area contributed by atoms with Crippen LogP contribution in [0.2, 0.25) is 0 Å². The topological polar surface area (TPSA) is 111 Å². The number of nitrogen functional groups attached to an aromatic ring is 1. The summed E-state index contributed by atoms with van der Waals surface area (Å²) in [5.41, 5.74) is 6.39. The maximum atomic E-state index is 12.7. The summed E-state index contributed by atoms with van der Waals surface area (Å²) in [4.78, 5) is 27.5. The van der Waals surface area contributed by atoms with Crippen molar-refractivity contribution in [3.05, 3.63) is 72.7 Å². The molecule has 1 heterocycles. The molecule has 126 valence electrons. The monoisotopic (exact) mass is 466 g/mol. The van der Waals surface area contributed by atoms with Crippen molar-refractivity contribution in [2.45, 2.75) is 0 Å². The van der Waals surface area contributed by atoms with E-state index in [1.807, 2.05) is 24.3 Å². The van der Waals surface area contributed by atoms with Crippen molar-refractivity contribution in [1.82, 2.24) is 4.98 Å². The van der Waals surface area contributed by atoms with Gasteiger partial charge in [0.15, 0.2) is 5.13 Å². The van der Waals surface area contributed by atoms with Gasteiger partial charge in [0.25, 0.3) is 5.69 Å². The van der Waals surface area contributed by atoms with Crippen LogP contribution in [0, 0.1) is 13.7 Å². The molecule has 0 saturated carbocycles. The van der Waals surface area contributed by atoms with Gasteiger partial charge in [-0.1, -0.05) is 23.5 Å². The number of nitro benzene ring substituents is 1. The Morgan fingerprint density at radius 3 is 2.56 bits per heavy atom. The first-order chi connectivity index (χ1) is 12.0. The minimum absolute atomic E-state index is 0.0105. The van der Waals surface area contributed by atoms with E-state index in [0.717, 1.165) is 20.6 Å². The van der Waals surface area contributed by atoms with E-state index in [9.17, 15) is 14.9 Å². The molecule has 0 atom stereocenters. The van der Waals surface area contributed by atoms with Crippen LogP contribution in [-0.4, -0.2) is 15.7 Å². The SMILES string of the molecule is Nc1nc(Nc2ccc(I)cc2)sc1C(=O)c1ccccc1[N+](=O)[O-]. The zero-order valence-electron chi connectivity index (χ0n) is 12.6. The molecule has 0 spiro atoms. The van der Waals surface area contributed by atoms with Gasteiger partial charge in [0, 0.05) is 15.3 Å². The second-order valence-electron chi connectivity index (χ2n) is 4.97. The first kappa shape index (κ1) is 17.3. The summed E-state index contributed by atoms with van der Waals surface area (Å²) in [5, 5.41) is 14.6. The maximum Gasteiger partial charge on any atom is 0.280 e. The summed E-state index contributed by atoms with van der Waals surface area (Å²) in [6.07, 6.45) is 0. The Kier molecular flexibility index (Phi) is 4.95. The third kappa shape index (κ3) is 3.77. The fourth-order valence-corrected chi connectivity index (χ4v) is 3.37.